The standard InChI is InChI=1S/C20H12F6S.C4HF9O3S/c21-19(22,23)14-8-4-12(5-9-14)16-2-1-3-17(27)18(16)13-6-10-15(11-7-13)20(24,25)26;5-1(6,3(9,10)11)2(7,8)4(12,13)17(14,15)16/h1-11,27H;(H,14,15,16). The molecule has 0 saturated heterocycles. The van der Waals surface area contributed by atoms with Gasteiger partial charge < -0.3 is 0 Å². The minimum atomic E-state index is -7.37. The largest absolute Gasteiger partial charge is 0.460 e. The van der Waals surface area contributed by atoms with Crippen LogP contribution in [-0.2, 0) is 22.5 Å². The van der Waals surface area contributed by atoms with Crippen molar-refractivity contribution in [3.05, 3.63) is 77.9 Å². The van der Waals surface area contributed by atoms with Crippen molar-refractivity contribution in [1.82, 2.24) is 0 Å². The van der Waals surface area contributed by atoms with Crippen LogP contribution in [0.25, 0.3) is 22.3 Å². The van der Waals surface area contributed by atoms with E-state index in [0.29, 0.717) is 27.1 Å². The lowest BCUT2D eigenvalue weighted by atomic mass is 9.93. The number of benzene rings is 3. The van der Waals surface area contributed by atoms with Gasteiger partial charge in [0.1, 0.15) is 0 Å². The summed E-state index contributed by atoms with van der Waals surface area (Å²) in [5.41, 5.74) is 0.575. The molecular formula is C24H13F15O3S2. The third-order valence-corrected chi connectivity index (χ3v) is 6.78. The quantitative estimate of drug-likeness (QED) is 0.159. The van der Waals surface area contributed by atoms with Crippen molar-refractivity contribution in [3.8, 4) is 22.3 Å². The Morgan fingerprint density at radius 3 is 1.27 bits per heavy atom. The lowest BCUT2D eigenvalue weighted by Crippen LogP contribution is -2.63. The first-order valence-corrected chi connectivity index (χ1v) is 12.8. The molecular weight excluding hydrogens is 685 g/mol. The van der Waals surface area contributed by atoms with Crippen molar-refractivity contribution < 1.29 is 78.8 Å². The Hall–Kier alpha value is -3.13. The zero-order chi connectivity index (χ0) is 34.3. The smallest absolute Gasteiger partial charge is 0.281 e. The molecule has 0 saturated carbocycles. The fourth-order valence-corrected chi connectivity index (χ4v) is 4.06. The first-order valence-electron chi connectivity index (χ1n) is 10.9. The first-order chi connectivity index (χ1) is 19.6. The SMILES string of the molecule is FC(F)(F)c1ccc(-c2cccc(S)c2-c2ccc(C(F)(F)F)cc2)cc1.O=S(=O)(O)C(F)(F)C(F)(F)C(F)(F)C(F)(F)F. The summed E-state index contributed by atoms with van der Waals surface area (Å²) in [6.07, 6.45) is -16.0. The fraction of sp³-hybridized carbons (Fsp3) is 0.250. The molecule has 0 radical (unpaired) electrons. The Labute approximate surface area is 242 Å². The van der Waals surface area contributed by atoms with Gasteiger partial charge in [0.2, 0.25) is 0 Å². The molecule has 0 aromatic heterocycles. The van der Waals surface area contributed by atoms with Crippen LogP contribution in [0.15, 0.2) is 71.6 Å². The molecule has 1 N–H and O–H groups in total. The van der Waals surface area contributed by atoms with E-state index in [4.69, 9.17) is 4.55 Å². The molecule has 3 rings (SSSR count). The van der Waals surface area contributed by atoms with Crippen molar-refractivity contribution >= 4 is 22.7 Å². The van der Waals surface area contributed by atoms with Gasteiger partial charge in [0.05, 0.1) is 11.1 Å². The zero-order valence-electron chi connectivity index (χ0n) is 20.6. The summed E-state index contributed by atoms with van der Waals surface area (Å²) in [7, 11) is -7.17. The summed E-state index contributed by atoms with van der Waals surface area (Å²) < 4.78 is 211. The average Bonchev–Trinajstić information content (AvgIpc) is 2.86. The van der Waals surface area contributed by atoms with Crippen LogP contribution in [0.1, 0.15) is 11.1 Å². The van der Waals surface area contributed by atoms with E-state index in [-0.39, 0.29) is 0 Å². The molecule has 0 aliphatic heterocycles. The van der Waals surface area contributed by atoms with Gasteiger partial charge in [-0.05, 0) is 47.0 Å². The topological polar surface area (TPSA) is 54.4 Å². The van der Waals surface area contributed by atoms with Gasteiger partial charge in [0, 0.05) is 10.5 Å². The van der Waals surface area contributed by atoms with Crippen molar-refractivity contribution in [2.45, 2.75) is 40.5 Å². The number of thiol groups is 1. The van der Waals surface area contributed by atoms with Gasteiger partial charge in [-0.3, -0.25) is 4.55 Å². The Kier molecular flexibility index (Phi) is 10.1. The van der Waals surface area contributed by atoms with Gasteiger partial charge in [-0.15, -0.1) is 12.6 Å². The molecule has 0 bridgehead atoms. The molecule has 0 aliphatic rings. The Bertz CT molecular complexity index is 1560. The maximum absolute atomic E-state index is 12.8. The van der Waals surface area contributed by atoms with E-state index in [1.807, 2.05) is 0 Å². The molecule has 0 heterocycles. The second-order valence-electron chi connectivity index (χ2n) is 8.49. The van der Waals surface area contributed by atoms with Crippen molar-refractivity contribution in [2.24, 2.45) is 0 Å². The molecule has 244 valence electrons. The van der Waals surface area contributed by atoms with Gasteiger partial charge in [0.15, 0.2) is 0 Å². The van der Waals surface area contributed by atoms with Crippen LogP contribution in [0, 0.1) is 0 Å². The molecule has 0 amide bonds. The third-order valence-electron chi connectivity index (χ3n) is 5.51. The Balaban J connectivity index is 0.000000345. The predicted molar refractivity (Wildman–Crippen MR) is 127 cm³/mol. The van der Waals surface area contributed by atoms with Gasteiger partial charge >= 0.3 is 45.7 Å². The molecule has 0 atom stereocenters. The number of hydrogen-bond acceptors (Lipinski definition) is 3. The molecule has 44 heavy (non-hydrogen) atoms. The summed E-state index contributed by atoms with van der Waals surface area (Å²) in [5.74, 6) is -14.7. The molecule has 0 fully saturated rings. The van der Waals surface area contributed by atoms with Crippen LogP contribution in [0.2, 0.25) is 0 Å². The highest BCUT2D eigenvalue weighted by Gasteiger charge is 2.85. The number of alkyl halides is 15. The summed E-state index contributed by atoms with van der Waals surface area (Å²) in [6.45, 7) is 0. The lowest BCUT2D eigenvalue weighted by Gasteiger charge is -2.31. The van der Waals surface area contributed by atoms with Gasteiger partial charge in [0.25, 0.3) is 0 Å². The fourth-order valence-electron chi connectivity index (χ4n) is 3.27. The predicted octanol–water partition coefficient (Wildman–Crippen LogP) is 9.65. The van der Waals surface area contributed by atoms with Crippen LogP contribution >= 0.6 is 12.6 Å². The van der Waals surface area contributed by atoms with Crippen molar-refractivity contribution in [2.75, 3.05) is 0 Å². The summed E-state index contributed by atoms with van der Waals surface area (Å²) in [6, 6.07) is 14.2. The first kappa shape index (κ1) is 37.1. The maximum Gasteiger partial charge on any atom is 0.460 e. The highest BCUT2D eigenvalue weighted by Crippen LogP contribution is 2.54. The van der Waals surface area contributed by atoms with Crippen molar-refractivity contribution in [3.63, 3.8) is 0 Å². The van der Waals surface area contributed by atoms with Crippen LogP contribution in [0.4, 0.5) is 65.9 Å². The van der Waals surface area contributed by atoms with E-state index in [1.54, 1.807) is 18.2 Å². The molecule has 0 spiro atoms. The minimum absolute atomic E-state index is 0.489. The molecule has 0 aliphatic carbocycles. The maximum atomic E-state index is 12.8. The zero-order valence-corrected chi connectivity index (χ0v) is 22.4. The molecule has 3 aromatic rings. The van der Waals surface area contributed by atoms with Gasteiger partial charge in [-0.25, -0.2) is 0 Å². The second-order valence-corrected chi connectivity index (χ2v) is 10.4. The minimum Gasteiger partial charge on any atom is -0.281 e. The van der Waals surface area contributed by atoms with E-state index in [1.165, 1.54) is 24.3 Å². The van der Waals surface area contributed by atoms with E-state index in [0.717, 1.165) is 24.3 Å². The van der Waals surface area contributed by atoms with Crippen LogP contribution < -0.4 is 0 Å². The highest BCUT2D eigenvalue weighted by atomic mass is 32.2. The van der Waals surface area contributed by atoms with E-state index in [9.17, 15) is 74.3 Å². The van der Waals surface area contributed by atoms with Gasteiger partial charge in [-0.2, -0.15) is 74.3 Å². The van der Waals surface area contributed by atoms with E-state index >= 15 is 0 Å². The summed E-state index contributed by atoms with van der Waals surface area (Å²) in [4.78, 5) is 0.507. The van der Waals surface area contributed by atoms with E-state index < -0.39 is 56.9 Å². The molecule has 3 aromatic carbocycles. The summed E-state index contributed by atoms with van der Waals surface area (Å²) >= 11 is 4.38. The van der Waals surface area contributed by atoms with Crippen LogP contribution in [-0.4, -0.2) is 36.2 Å². The lowest BCUT2D eigenvalue weighted by molar-refractivity contribution is -0.382. The Morgan fingerprint density at radius 1 is 0.545 bits per heavy atom. The number of halogens is 15. The number of hydrogen-bond donors (Lipinski definition) is 2. The van der Waals surface area contributed by atoms with Crippen LogP contribution in [0.3, 0.4) is 0 Å². The van der Waals surface area contributed by atoms with E-state index in [2.05, 4.69) is 12.6 Å². The number of rotatable bonds is 5. The molecule has 0 unspecified atom stereocenters. The van der Waals surface area contributed by atoms with Gasteiger partial charge in [-0.1, -0.05) is 36.4 Å². The highest BCUT2D eigenvalue weighted by molar-refractivity contribution is 7.87. The van der Waals surface area contributed by atoms with Crippen LogP contribution in [0.5, 0.6) is 0 Å². The summed E-state index contributed by atoms with van der Waals surface area (Å²) in [5, 5.41) is -7.00. The van der Waals surface area contributed by atoms with Crippen molar-refractivity contribution in [1.29, 1.82) is 0 Å². The Morgan fingerprint density at radius 2 is 0.932 bits per heavy atom. The second kappa shape index (κ2) is 12.0. The monoisotopic (exact) mass is 698 g/mol. The molecule has 20 heteroatoms. The average molecular weight is 698 g/mol. The third kappa shape index (κ3) is 7.39. The molecule has 3 nitrogen and oxygen atoms in total. The normalized spacial score (nSPS) is 13.8.